The third-order valence-electron chi connectivity index (χ3n) is 4.27. The lowest BCUT2D eigenvalue weighted by atomic mass is 9.84. The van der Waals surface area contributed by atoms with E-state index >= 15 is 0 Å². The van der Waals surface area contributed by atoms with Crippen LogP contribution in [0, 0.1) is 5.92 Å². The SMILES string of the molecule is CN1CCC(NC(=O)C2CCC2)c2ccccc21. The van der Waals surface area contributed by atoms with Gasteiger partial charge in [-0.2, -0.15) is 0 Å². The summed E-state index contributed by atoms with van der Waals surface area (Å²) in [7, 11) is 2.11. The van der Waals surface area contributed by atoms with Crippen molar-refractivity contribution in [2.75, 3.05) is 18.5 Å². The molecule has 1 unspecified atom stereocenters. The summed E-state index contributed by atoms with van der Waals surface area (Å²) in [4.78, 5) is 14.3. The van der Waals surface area contributed by atoms with E-state index in [2.05, 4.69) is 41.5 Å². The van der Waals surface area contributed by atoms with Crippen molar-refractivity contribution in [2.45, 2.75) is 31.7 Å². The molecule has 18 heavy (non-hydrogen) atoms. The Hall–Kier alpha value is -1.51. The number of fused-ring (bicyclic) bond motifs is 1. The summed E-state index contributed by atoms with van der Waals surface area (Å²) in [5.74, 6) is 0.530. The van der Waals surface area contributed by atoms with Crippen molar-refractivity contribution in [1.82, 2.24) is 5.32 Å². The van der Waals surface area contributed by atoms with Crippen molar-refractivity contribution in [3.8, 4) is 0 Å². The molecule has 1 heterocycles. The lowest BCUT2D eigenvalue weighted by Crippen LogP contribution is -2.40. The Labute approximate surface area is 108 Å². The topological polar surface area (TPSA) is 32.3 Å². The highest BCUT2D eigenvalue weighted by Crippen LogP contribution is 2.34. The van der Waals surface area contributed by atoms with Crippen LogP contribution in [0.4, 0.5) is 5.69 Å². The van der Waals surface area contributed by atoms with Crippen LogP contribution in [0.25, 0.3) is 0 Å². The number of para-hydroxylation sites is 1. The zero-order valence-electron chi connectivity index (χ0n) is 10.9. The number of hydrogen-bond acceptors (Lipinski definition) is 2. The van der Waals surface area contributed by atoms with Crippen molar-refractivity contribution in [2.24, 2.45) is 5.92 Å². The number of carbonyl (C=O) groups excluding carboxylic acids is 1. The van der Waals surface area contributed by atoms with Gasteiger partial charge in [0.1, 0.15) is 0 Å². The van der Waals surface area contributed by atoms with Gasteiger partial charge in [-0.25, -0.2) is 0 Å². The van der Waals surface area contributed by atoms with Gasteiger partial charge in [-0.1, -0.05) is 24.6 Å². The summed E-state index contributed by atoms with van der Waals surface area (Å²) >= 11 is 0. The lowest BCUT2D eigenvalue weighted by molar-refractivity contribution is -0.128. The Morgan fingerprint density at radius 2 is 2.06 bits per heavy atom. The van der Waals surface area contributed by atoms with Gasteiger partial charge in [0.05, 0.1) is 6.04 Å². The Kier molecular flexibility index (Phi) is 2.98. The van der Waals surface area contributed by atoms with Crippen LogP contribution in [-0.2, 0) is 4.79 Å². The van der Waals surface area contributed by atoms with Crippen LogP contribution < -0.4 is 10.2 Å². The van der Waals surface area contributed by atoms with Gasteiger partial charge >= 0.3 is 0 Å². The molecule has 1 fully saturated rings. The van der Waals surface area contributed by atoms with Crippen LogP contribution in [0.1, 0.15) is 37.3 Å². The predicted octanol–water partition coefficient (Wildman–Crippen LogP) is 2.48. The largest absolute Gasteiger partial charge is 0.374 e. The van der Waals surface area contributed by atoms with E-state index in [0.717, 1.165) is 25.8 Å². The first kappa shape index (κ1) is 11.6. The number of hydrogen-bond donors (Lipinski definition) is 1. The van der Waals surface area contributed by atoms with Gasteiger partial charge in [-0.05, 0) is 30.9 Å². The summed E-state index contributed by atoms with van der Waals surface area (Å²) < 4.78 is 0. The second kappa shape index (κ2) is 4.63. The van der Waals surface area contributed by atoms with Gasteiger partial charge in [0.2, 0.25) is 5.91 Å². The highest BCUT2D eigenvalue weighted by atomic mass is 16.2. The monoisotopic (exact) mass is 244 g/mol. The van der Waals surface area contributed by atoms with Crippen molar-refractivity contribution in [3.63, 3.8) is 0 Å². The molecule has 1 N–H and O–H groups in total. The van der Waals surface area contributed by atoms with Crippen LogP contribution in [0.5, 0.6) is 0 Å². The van der Waals surface area contributed by atoms with E-state index in [9.17, 15) is 4.79 Å². The summed E-state index contributed by atoms with van der Waals surface area (Å²) in [5.41, 5.74) is 2.52. The molecule has 1 aliphatic heterocycles. The van der Waals surface area contributed by atoms with Gasteiger partial charge in [0.25, 0.3) is 0 Å². The van der Waals surface area contributed by atoms with Gasteiger partial charge in [0, 0.05) is 25.2 Å². The molecule has 0 spiro atoms. The van der Waals surface area contributed by atoms with Crippen molar-refractivity contribution >= 4 is 11.6 Å². The summed E-state index contributed by atoms with van der Waals surface area (Å²) in [5, 5.41) is 3.23. The van der Waals surface area contributed by atoms with Crippen LogP contribution >= 0.6 is 0 Å². The van der Waals surface area contributed by atoms with Crippen molar-refractivity contribution in [3.05, 3.63) is 29.8 Å². The smallest absolute Gasteiger partial charge is 0.223 e. The van der Waals surface area contributed by atoms with Gasteiger partial charge < -0.3 is 10.2 Å². The summed E-state index contributed by atoms with van der Waals surface area (Å²) in [6, 6.07) is 8.59. The van der Waals surface area contributed by atoms with E-state index in [1.165, 1.54) is 17.7 Å². The van der Waals surface area contributed by atoms with Crippen molar-refractivity contribution in [1.29, 1.82) is 0 Å². The third-order valence-corrected chi connectivity index (χ3v) is 4.27. The molecule has 0 bridgehead atoms. The minimum atomic E-state index is 0.200. The zero-order valence-corrected chi connectivity index (χ0v) is 10.9. The average molecular weight is 244 g/mol. The molecule has 1 aromatic carbocycles. The number of carbonyl (C=O) groups is 1. The molecule has 0 saturated heterocycles. The number of benzene rings is 1. The zero-order chi connectivity index (χ0) is 12.5. The standard InChI is InChI=1S/C15H20N2O/c1-17-10-9-13(12-7-2-3-8-14(12)17)16-15(18)11-5-4-6-11/h2-3,7-8,11,13H,4-6,9-10H2,1H3,(H,16,18). The Morgan fingerprint density at radius 1 is 1.28 bits per heavy atom. The van der Waals surface area contributed by atoms with E-state index in [1.807, 2.05) is 0 Å². The Morgan fingerprint density at radius 3 is 2.78 bits per heavy atom. The third kappa shape index (κ3) is 1.98. The number of anilines is 1. The Balaban J connectivity index is 1.77. The van der Waals surface area contributed by atoms with E-state index < -0.39 is 0 Å². The first-order chi connectivity index (χ1) is 8.75. The van der Waals surface area contributed by atoms with Gasteiger partial charge in [-0.3, -0.25) is 4.79 Å². The minimum Gasteiger partial charge on any atom is -0.374 e. The first-order valence-electron chi connectivity index (χ1n) is 6.86. The number of rotatable bonds is 2. The van der Waals surface area contributed by atoms with Gasteiger partial charge in [0.15, 0.2) is 0 Å². The summed E-state index contributed by atoms with van der Waals surface area (Å²) in [6.07, 6.45) is 4.36. The highest BCUT2D eigenvalue weighted by Gasteiger charge is 2.29. The second-order valence-corrected chi connectivity index (χ2v) is 5.46. The van der Waals surface area contributed by atoms with E-state index in [-0.39, 0.29) is 17.9 Å². The van der Waals surface area contributed by atoms with E-state index in [0.29, 0.717) is 0 Å². The van der Waals surface area contributed by atoms with E-state index in [1.54, 1.807) is 0 Å². The highest BCUT2D eigenvalue weighted by molar-refractivity contribution is 5.80. The number of nitrogens with zero attached hydrogens (tertiary/aromatic N) is 1. The van der Waals surface area contributed by atoms with Crippen LogP contribution in [0.2, 0.25) is 0 Å². The van der Waals surface area contributed by atoms with E-state index in [4.69, 9.17) is 0 Å². The lowest BCUT2D eigenvalue weighted by Gasteiger charge is -2.35. The second-order valence-electron chi connectivity index (χ2n) is 5.46. The molecule has 1 atom stereocenters. The maximum atomic E-state index is 12.1. The average Bonchev–Trinajstić information content (AvgIpc) is 2.31. The first-order valence-corrected chi connectivity index (χ1v) is 6.86. The fourth-order valence-corrected chi connectivity index (χ4v) is 2.84. The molecular weight excluding hydrogens is 224 g/mol. The quantitative estimate of drug-likeness (QED) is 0.867. The minimum absolute atomic E-state index is 0.200. The molecule has 1 aliphatic carbocycles. The van der Waals surface area contributed by atoms with Gasteiger partial charge in [-0.15, -0.1) is 0 Å². The molecule has 3 nitrogen and oxygen atoms in total. The maximum Gasteiger partial charge on any atom is 0.223 e. The Bertz CT molecular complexity index is 454. The molecule has 96 valence electrons. The summed E-state index contributed by atoms with van der Waals surface area (Å²) in [6.45, 7) is 1.01. The molecule has 1 saturated carbocycles. The number of amides is 1. The van der Waals surface area contributed by atoms with Crippen LogP contribution in [0.15, 0.2) is 24.3 Å². The molecule has 3 heteroatoms. The molecule has 0 aromatic heterocycles. The molecule has 2 aliphatic rings. The van der Waals surface area contributed by atoms with Crippen molar-refractivity contribution < 1.29 is 4.79 Å². The number of nitrogens with one attached hydrogen (secondary N) is 1. The predicted molar refractivity (Wildman–Crippen MR) is 72.6 cm³/mol. The molecular formula is C15H20N2O. The molecule has 0 radical (unpaired) electrons. The normalized spacial score (nSPS) is 23.2. The fourth-order valence-electron chi connectivity index (χ4n) is 2.84. The van der Waals surface area contributed by atoms with Crippen LogP contribution in [0.3, 0.4) is 0 Å². The molecule has 3 rings (SSSR count). The molecule has 1 amide bonds. The van der Waals surface area contributed by atoms with Crippen LogP contribution in [-0.4, -0.2) is 19.5 Å². The fraction of sp³-hybridized carbons (Fsp3) is 0.533. The molecule has 1 aromatic rings. The maximum absolute atomic E-state index is 12.1.